The van der Waals surface area contributed by atoms with Crippen molar-refractivity contribution in [3.8, 4) is 5.75 Å². The molecule has 2 unspecified atom stereocenters. The normalized spacial score (nSPS) is 15.4. The van der Waals surface area contributed by atoms with E-state index in [1.54, 1.807) is 42.2 Å². The van der Waals surface area contributed by atoms with Gasteiger partial charge in [0.25, 0.3) is 0 Å². The van der Waals surface area contributed by atoms with Gasteiger partial charge in [-0.2, -0.15) is 0 Å². The number of ether oxygens (including phenoxy) is 2. The smallest absolute Gasteiger partial charge is 0.340 e. The molecule has 6 N–H and O–H groups in total. The molecule has 0 radical (unpaired) electrons. The van der Waals surface area contributed by atoms with E-state index in [1.165, 1.54) is 16.0 Å². The van der Waals surface area contributed by atoms with Gasteiger partial charge >= 0.3 is 41.8 Å². The zero-order valence-electron chi connectivity index (χ0n) is 36.6. The number of pyridine rings is 2. The van der Waals surface area contributed by atoms with Gasteiger partial charge in [0.05, 0.1) is 69.9 Å². The van der Waals surface area contributed by atoms with Gasteiger partial charge < -0.3 is 40.1 Å². The summed E-state index contributed by atoms with van der Waals surface area (Å²) >= 11 is 0. The topological polar surface area (TPSA) is 298 Å². The minimum atomic E-state index is -1.18. The monoisotopic (exact) mass is 890 g/mol. The van der Waals surface area contributed by atoms with Crippen molar-refractivity contribution in [3.05, 3.63) is 52.6 Å². The van der Waals surface area contributed by atoms with Gasteiger partial charge in [0, 0.05) is 61.3 Å². The summed E-state index contributed by atoms with van der Waals surface area (Å²) in [4.78, 5) is 95.4. The third-order valence-electron chi connectivity index (χ3n) is 10.4. The average molecular weight is 891 g/mol. The van der Waals surface area contributed by atoms with Crippen molar-refractivity contribution in [1.29, 1.82) is 0 Å². The van der Waals surface area contributed by atoms with E-state index < -0.39 is 74.0 Å². The summed E-state index contributed by atoms with van der Waals surface area (Å²) < 4.78 is 10.5. The van der Waals surface area contributed by atoms with E-state index in [0.717, 1.165) is 36.8 Å². The molecule has 1 aliphatic rings. The highest BCUT2D eigenvalue weighted by Crippen LogP contribution is 2.31. The van der Waals surface area contributed by atoms with Crippen molar-refractivity contribution < 1.29 is 73.7 Å². The number of carboxylic acids is 6. The van der Waals surface area contributed by atoms with Crippen molar-refractivity contribution in [2.75, 3.05) is 59.5 Å². The molecule has 0 bridgehead atoms. The summed E-state index contributed by atoms with van der Waals surface area (Å²) in [5, 5.41) is 55.9. The number of rotatable bonds is 27. The van der Waals surface area contributed by atoms with E-state index in [2.05, 4.69) is 9.97 Å². The number of aromatic nitrogens is 2. The SMILES string of the molecule is CCCCC(CN(CC(=O)O)CC(=O)O)N(CC(=O)O)Cc1ncccc1C(=O)OCC.COc1c(C)cnc(CN(CC(=O)O)C2CCCC[C@@H]2N(CC(=O)O)CC(=O)O)c1C. The predicted octanol–water partition coefficient (Wildman–Crippen LogP) is 2.55. The minimum absolute atomic E-state index is 0.00362. The van der Waals surface area contributed by atoms with Gasteiger partial charge in [0.15, 0.2) is 0 Å². The van der Waals surface area contributed by atoms with Gasteiger partial charge in [-0.25, -0.2) is 4.79 Å². The average Bonchev–Trinajstić information content (AvgIpc) is 3.19. The molecule has 0 aliphatic heterocycles. The number of carboxylic acid groups (broad SMARTS) is 6. The largest absolute Gasteiger partial charge is 0.496 e. The lowest BCUT2D eigenvalue weighted by Gasteiger charge is -2.43. The number of nitrogens with zero attached hydrogens (tertiary/aromatic N) is 6. The van der Waals surface area contributed by atoms with E-state index in [-0.39, 0.29) is 57.0 Å². The maximum Gasteiger partial charge on any atom is 0.340 e. The van der Waals surface area contributed by atoms with Gasteiger partial charge in [0.1, 0.15) is 5.75 Å². The maximum atomic E-state index is 12.3. The maximum absolute atomic E-state index is 12.3. The third-order valence-corrected chi connectivity index (χ3v) is 10.4. The fraction of sp³-hybridized carbons (Fsp3) is 0.595. The lowest BCUT2D eigenvalue weighted by molar-refractivity contribution is -0.146. The molecule has 3 rings (SSSR count). The highest BCUT2D eigenvalue weighted by atomic mass is 16.5. The molecule has 1 saturated carbocycles. The number of methoxy groups -OCH3 is 1. The molecule has 350 valence electrons. The Kier molecular flexibility index (Phi) is 23.1. The van der Waals surface area contributed by atoms with Crippen molar-refractivity contribution in [2.24, 2.45) is 0 Å². The van der Waals surface area contributed by atoms with Crippen molar-refractivity contribution in [2.45, 2.75) is 104 Å². The first kappa shape index (κ1) is 53.4. The minimum Gasteiger partial charge on any atom is -0.496 e. The highest BCUT2D eigenvalue weighted by Gasteiger charge is 2.37. The van der Waals surface area contributed by atoms with Gasteiger partial charge in [-0.15, -0.1) is 0 Å². The van der Waals surface area contributed by atoms with E-state index in [1.807, 2.05) is 20.8 Å². The van der Waals surface area contributed by atoms with Crippen LogP contribution in [0.1, 0.15) is 91.7 Å². The number of carbonyl (C=O) groups is 7. The lowest BCUT2D eigenvalue weighted by Crippen LogP contribution is -2.56. The first-order chi connectivity index (χ1) is 29.8. The molecule has 3 atom stereocenters. The zero-order chi connectivity index (χ0) is 47.2. The van der Waals surface area contributed by atoms with Gasteiger partial charge in [-0.05, 0) is 52.2 Å². The number of esters is 1. The van der Waals surface area contributed by atoms with Crippen LogP contribution in [0.5, 0.6) is 5.75 Å². The summed E-state index contributed by atoms with van der Waals surface area (Å²) in [7, 11) is 1.57. The van der Waals surface area contributed by atoms with Crippen LogP contribution >= 0.6 is 0 Å². The van der Waals surface area contributed by atoms with E-state index >= 15 is 0 Å². The molecule has 2 heterocycles. The Morgan fingerprint density at radius 1 is 0.730 bits per heavy atom. The van der Waals surface area contributed by atoms with Crippen LogP contribution in [0.15, 0.2) is 24.5 Å². The van der Waals surface area contributed by atoms with Crippen LogP contribution in [0, 0.1) is 13.8 Å². The highest BCUT2D eigenvalue weighted by molar-refractivity contribution is 5.90. The van der Waals surface area contributed by atoms with Crippen molar-refractivity contribution in [3.63, 3.8) is 0 Å². The Morgan fingerprint density at radius 2 is 1.27 bits per heavy atom. The van der Waals surface area contributed by atoms with Crippen LogP contribution in [0.4, 0.5) is 0 Å². The summed E-state index contributed by atoms with van der Waals surface area (Å²) in [6, 6.07) is 1.96. The second kappa shape index (κ2) is 27.3. The number of unbranched alkanes of at least 4 members (excludes halogenated alkanes) is 1. The number of hydrogen-bond donors (Lipinski definition) is 6. The van der Waals surface area contributed by atoms with Crippen molar-refractivity contribution >= 4 is 41.8 Å². The number of hydrogen-bond acceptors (Lipinski definition) is 15. The summed E-state index contributed by atoms with van der Waals surface area (Å²) in [6.07, 6.45) is 8.15. The molecule has 0 spiro atoms. The molecular formula is C42H62N6O15. The van der Waals surface area contributed by atoms with E-state index in [4.69, 9.17) is 19.7 Å². The third kappa shape index (κ3) is 18.6. The fourth-order valence-corrected chi connectivity index (χ4v) is 7.80. The Bertz CT molecular complexity index is 1830. The molecule has 21 nitrogen and oxygen atoms in total. The molecular weight excluding hydrogens is 828 g/mol. The van der Waals surface area contributed by atoms with E-state index in [0.29, 0.717) is 36.4 Å². The zero-order valence-corrected chi connectivity index (χ0v) is 36.6. The van der Waals surface area contributed by atoms with Crippen molar-refractivity contribution in [1.82, 2.24) is 29.6 Å². The summed E-state index contributed by atoms with van der Waals surface area (Å²) in [5.41, 5.74) is 2.91. The van der Waals surface area contributed by atoms with Gasteiger partial charge in [0.2, 0.25) is 0 Å². The molecule has 63 heavy (non-hydrogen) atoms. The van der Waals surface area contributed by atoms with Crippen LogP contribution < -0.4 is 4.74 Å². The quantitative estimate of drug-likeness (QED) is 0.0702. The standard InChI is InChI=1S/C21H31N3O8.C21H31N3O7/c1-3-5-7-15(10-23(12-18(25)26)13-19(27)28)24(14-20(29)30)11-17-16(8-6-9-22-17)21(31)32-4-2;1-13-8-22-15(14(2)21(13)31-3)9-23(10-18(25)26)16-6-4-5-7-17(16)24(11-19(27)28)12-20(29)30/h6,8-9,15H,3-5,7,10-14H2,1-2H3,(H,25,26)(H,27,28)(H,29,30);8,16-17H,4-7,9-12H2,1-3H3,(H,25,26)(H,27,28)(H,29,30)/t;16?,17-/m.0/s1. The molecule has 21 heteroatoms. The Hall–Kier alpha value is -5.77. The summed E-state index contributed by atoms with van der Waals surface area (Å²) in [5.74, 6) is -6.59. The van der Waals surface area contributed by atoms with Crippen LogP contribution in [0.25, 0.3) is 0 Å². The number of carbonyl (C=O) groups excluding carboxylic acids is 1. The second-order valence-corrected chi connectivity index (χ2v) is 15.2. The molecule has 0 saturated heterocycles. The van der Waals surface area contributed by atoms with Crippen LogP contribution in [-0.2, 0) is 46.6 Å². The second-order valence-electron chi connectivity index (χ2n) is 15.2. The Labute approximate surface area is 366 Å². The lowest BCUT2D eigenvalue weighted by atomic mass is 9.87. The van der Waals surface area contributed by atoms with Crippen LogP contribution in [0.2, 0.25) is 0 Å². The molecule has 2 aromatic rings. The number of aryl methyl sites for hydroxylation is 1. The first-order valence-corrected chi connectivity index (χ1v) is 20.7. The van der Waals surface area contributed by atoms with Gasteiger partial charge in [-0.1, -0.05) is 32.6 Å². The first-order valence-electron chi connectivity index (χ1n) is 20.7. The molecule has 0 aromatic carbocycles. The number of aliphatic carboxylic acids is 6. The Morgan fingerprint density at radius 3 is 1.78 bits per heavy atom. The Balaban J connectivity index is 0.000000434. The fourth-order valence-electron chi connectivity index (χ4n) is 7.80. The van der Waals surface area contributed by atoms with Crippen LogP contribution in [0.3, 0.4) is 0 Å². The molecule has 1 fully saturated rings. The molecule has 2 aromatic heterocycles. The molecule has 0 amide bonds. The molecule has 1 aliphatic carbocycles. The summed E-state index contributed by atoms with van der Waals surface area (Å²) in [6.45, 7) is 5.37. The van der Waals surface area contributed by atoms with Crippen LogP contribution in [-0.4, -0.2) is 180 Å². The van der Waals surface area contributed by atoms with E-state index in [9.17, 15) is 54.0 Å². The van der Waals surface area contributed by atoms with Gasteiger partial charge in [-0.3, -0.25) is 58.3 Å². The predicted molar refractivity (Wildman–Crippen MR) is 224 cm³/mol.